The van der Waals surface area contributed by atoms with E-state index in [0.29, 0.717) is 12.2 Å². The molecule has 1 aromatic heterocycles. The van der Waals surface area contributed by atoms with Crippen LogP contribution in [0.3, 0.4) is 0 Å². The van der Waals surface area contributed by atoms with E-state index in [1.165, 1.54) is 12.1 Å². The van der Waals surface area contributed by atoms with E-state index in [0.717, 1.165) is 6.42 Å². The first-order valence-electron chi connectivity index (χ1n) is 5.32. The zero-order chi connectivity index (χ0) is 12.4. The minimum Gasteiger partial charge on any atom is -0.376 e. The summed E-state index contributed by atoms with van der Waals surface area (Å²) in [5.74, 6) is -0.210. The van der Waals surface area contributed by atoms with Crippen molar-refractivity contribution in [3.8, 4) is 0 Å². The molecule has 1 saturated heterocycles. The highest BCUT2D eigenvalue weighted by Crippen LogP contribution is 2.17. The monoisotopic (exact) mass is 274 g/mol. The fraction of sp³-hybridized carbons (Fsp3) is 0.455. The van der Waals surface area contributed by atoms with Crippen LogP contribution in [0.2, 0.25) is 10.3 Å². The van der Waals surface area contributed by atoms with Crippen LogP contribution in [0.4, 0.5) is 0 Å². The Kier molecular flexibility index (Phi) is 3.86. The minimum absolute atomic E-state index is 0.0340. The lowest BCUT2D eigenvalue weighted by molar-refractivity contribution is 0.0866. The Balaban J connectivity index is 2.09. The van der Waals surface area contributed by atoms with Crippen LogP contribution in [0, 0.1) is 0 Å². The van der Waals surface area contributed by atoms with Crippen LogP contribution in [0.5, 0.6) is 0 Å². The van der Waals surface area contributed by atoms with Crippen molar-refractivity contribution in [1.82, 2.24) is 10.3 Å². The van der Waals surface area contributed by atoms with E-state index >= 15 is 0 Å². The lowest BCUT2D eigenvalue weighted by atomic mass is 10.1. The number of hydrogen-bond donors (Lipinski definition) is 1. The molecule has 6 heteroatoms. The maximum absolute atomic E-state index is 11.9. The van der Waals surface area contributed by atoms with Crippen LogP contribution in [0.15, 0.2) is 12.1 Å². The van der Waals surface area contributed by atoms with E-state index in [4.69, 9.17) is 27.9 Å². The smallest absolute Gasteiger partial charge is 0.251 e. The second-order valence-corrected chi connectivity index (χ2v) is 4.72. The number of pyridine rings is 1. The standard InChI is InChI=1S/C11H12Cl2N2O2/c1-6-8(2-3-17-6)14-11(16)7-4-9(12)15-10(13)5-7/h4-6,8H,2-3H2,1H3,(H,14,16). The number of halogens is 2. The summed E-state index contributed by atoms with van der Waals surface area (Å²) in [4.78, 5) is 15.7. The van der Waals surface area contributed by atoms with Gasteiger partial charge in [-0.3, -0.25) is 4.79 Å². The number of rotatable bonds is 2. The number of carbonyl (C=O) groups is 1. The van der Waals surface area contributed by atoms with Gasteiger partial charge in [0.15, 0.2) is 0 Å². The largest absolute Gasteiger partial charge is 0.376 e. The molecule has 0 spiro atoms. The molecule has 2 heterocycles. The van der Waals surface area contributed by atoms with Crippen molar-refractivity contribution in [2.45, 2.75) is 25.5 Å². The second kappa shape index (κ2) is 5.21. The highest BCUT2D eigenvalue weighted by Gasteiger charge is 2.26. The maximum Gasteiger partial charge on any atom is 0.251 e. The SMILES string of the molecule is CC1OCCC1NC(=O)c1cc(Cl)nc(Cl)c1. The van der Waals surface area contributed by atoms with Crippen molar-refractivity contribution in [3.05, 3.63) is 28.0 Å². The Morgan fingerprint density at radius 3 is 2.65 bits per heavy atom. The average Bonchev–Trinajstić information content (AvgIpc) is 2.63. The van der Waals surface area contributed by atoms with Crippen LogP contribution in [0.25, 0.3) is 0 Å². The lowest BCUT2D eigenvalue weighted by Gasteiger charge is -2.16. The first-order chi connectivity index (χ1) is 8.06. The molecule has 1 N–H and O–H groups in total. The van der Waals surface area contributed by atoms with E-state index < -0.39 is 0 Å². The number of nitrogens with one attached hydrogen (secondary N) is 1. The summed E-state index contributed by atoms with van der Waals surface area (Å²) >= 11 is 11.5. The molecule has 1 aliphatic heterocycles. The lowest BCUT2D eigenvalue weighted by Crippen LogP contribution is -2.39. The predicted octanol–water partition coefficient (Wildman–Crippen LogP) is 2.30. The fourth-order valence-electron chi connectivity index (χ4n) is 1.77. The maximum atomic E-state index is 11.9. The Morgan fingerprint density at radius 1 is 1.47 bits per heavy atom. The van der Waals surface area contributed by atoms with Gasteiger partial charge in [0.05, 0.1) is 12.1 Å². The zero-order valence-electron chi connectivity index (χ0n) is 9.24. The van der Waals surface area contributed by atoms with E-state index in [1.807, 2.05) is 6.92 Å². The molecule has 1 aromatic rings. The molecule has 0 saturated carbocycles. The van der Waals surface area contributed by atoms with Gasteiger partial charge >= 0.3 is 0 Å². The molecule has 2 unspecified atom stereocenters. The van der Waals surface area contributed by atoms with Crippen LogP contribution in [-0.2, 0) is 4.74 Å². The third-order valence-electron chi connectivity index (χ3n) is 2.72. The van der Waals surface area contributed by atoms with E-state index in [-0.39, 0.29) is 28.4 Å². The van der Waals surface area contributed by atoms with Crippen molar-refractivity contribution >= 4 is 29.1 Å². The summed E-state index contributed by atoms with van der Waals surface area (Å²) in [5, 5.41) is 3.30. The predicted molar refractivity (Wildman–Crippen MR) is 65.5 cm³/mol. The van der Waals surface area contributed by atoms with Gasteiger partial charge in [-0.2, -0.15) is 0 Å². The van der Waals surface area contributed by atoms with Crippen molar-refractivity contribution in [3.63, 3.8) is 0 Å². The van der Waals surface area contributed by atoms with Crippen LogP contribution in [-0.4, -0.2) is 29.6 Å². The zero-order valence-corrected chi connectivity index (χ0v) is 10.8. The molecule has 2 rings (SSSR count). The molecule has 2 atom stereocenters. The second-order valence-electron chi connectivity index (χ2n) is 3.95. The molecule has 0 aromatic carbocycles. The van der Waals surface area contributed by atoms with Gasteiger partial charge in [-0.1, -0.05) is 23.2 Å². The summed E-state index contributed by atoms with van der Waals surface area (Å²) < 4.78 is 5.37. The topological polar surface area (TPSA) is 51.2 Å². The minimum atomic E-state index is -0.210. The fourth-order valence-corrected chi connectivity index (χ4v) is 2.23. The van der Waals surface area contributed by atoms with E-state index in [1.54, 1.807) is 0 Å². The normalized spacial score (nSPS) is 23.7. The van der Waals surface area contributed by atoms with Gasteiger partial charge in [0.2, 0.25) is 0 Å². The summed E-state index contributed by atoms with van der Waals surface area (Å²) in [6, 6.07) is 3.01. The molecule has 1 aliphatic rings. The summed E-state index contributed by atoms with van der Waals surface area (Å²) in [7, 11) is 0. The number of hydrogen-bond acceptors (Lipinski definition) is 3. The Labute approximate surface area is 109 Å². The van der Waals surface area contributed by atoms with Crippen molar-refractivity contribution < 1.29 is 9.53 Å². The molecule has 1 fully saturated rings. The summed E-state index contributed by atoms with van der Waals surface area (Å²) in [6.45, 7) is 2.61. The average molecular weight is 275 g/mol. The van der Waals surface area contributed by atoms with Gasteiger partial charge < -0.3 is 10.1 Å². The van der Waals surface area contributed by atoms with E-state index in [2.05, 4.69) is 10.3 Å². The molecular formula is C11H12Cl2N2O2. The number of amides is 1. The van der Waals surface area contributed by atoms with Crippen LogP contribution < -0.4 is 5.32 Å². The highest BCUT2D eigenvalue weighted by molar-refractivity contribution is 6.33. The molecule has 0 bridgehead atoms. The summed E-state index contributed by atoms with van der Waals surface area (Å²) in [6.07, 6.45) is 0.853. The van der Waals surface area contributed by atoms with Crippen LogP contribution in [0.1, 0.15) is 23.7 Å². The third-order valence-corrected chi connectivity index (χ3v) is 3.10. The Bertz CT molecular complexity index is 419. The molecular weight excluding hydrogens is 263 g/mol. The Hall–Kier alpha value is -0.840. The first kappa shape index (κ1) is 12.6. The molecule has 0 radical (unpaired) electrons. The van der Waals surface area contributed by atoms with Gasteiger partial charge in [0, 0.05) is 12.2 Å². The van der Waals surface area contributed by atoms with Gasteiger partial charge in [-0.25, -0.2) is 4.98 Å². The summed E-state index contributed by atoms with van der Waals surface area (Å²) in [5.41, 5.74) is 0.411. The van der Waals surface area contributed by atoms with Crippen molar-refractivity contribution in [2.24, 2.45) is 0 Å². The molecule has 4 nitrogen and oxygen atoms in total. The van der Waals surface area contributed by atoms with Crippen molar-refractivity contribution in [1.29, 1.82) is 0 Å². The third kappa shape index (κ3) is 3.09. The molecule has 0 aliphatic carbocycles. The highest BCUT2D eigenvalue weighted by atomic mass is 35.5. The van der Waals surface area contributed by atoms with Gasteiger partial charge in [0.25, 0.3) is 5.91 Å². The number of nitrogens with zero attached hydrogens (tertiary/aromatic N) is 1. The van der Waals surface area contributed by atoms with Crippen LogP contribution >= 0.6 is 23.2 Å². The van der Waals surface area contributed by atoms with Crippen molar-refractivity contribution in [2.75, 3.05) is 6.61 Å². The van der Waals surface area contributed by atoms with Gasteiger partial charge in [-0.15, -0.1) is 0 Å². The first-order valence-corrected chi connectivity index (χ1v) is 6.07. The molecule has 92 valence electrons. The quantitative estimate of drug-likeness (QED) is 0.842. The van der Waals surface area contributed by atoms with E-state index in [9.17, 15) is 4.79 Å². The van der Waals surface area contributed by atoms with Gasteiger partial charge in [0.1, 0.15) is 10.3 Å². The number of carbonyl (C=O) groups excluding carboxylic acids is 1. The number of aromatic nitrogens is 1. The molecule has 1 amide bonds. The van der Waals surface area contributed by atoms with Gasteiger partial charge in [-0.05, 0) is 25.5 Å². The number of ether oxygens (including phenoxy) is 1. The molecule has 17 heavy (non-hydrogen) atoms. The Morgan fingerprint density at radius 2 is 2.12 bits per heavy atom.